The lowest BCUT2D eigenvalue weighted by Crippen LogP contribution is -2.22. The maximum Gasteiger partial charge on any atom is 0.337 e. The third-order valence-electron chi connectivity index (χ3n) is 4.57. The van der Waals surface area contributed by atoms with Gasteiger partial charge in [0.25, 0.3) is 0 Å². The Hall–Kier alpha value is -1.37. The highest BCUT2D eigenvalue weighted by molar-refractivity contribution is 7.78. The predicted octanol–water partition coefficient (Wildman–Crippen LogP) is 4.70. The van der Waals surface area contributed by atoms with Crippen molar-refractivity contribution in [1.82, 2.24) is 4.72 Å². The van der Waals surface area contributed by atoms with Crippen LogP contribution in [0.2, 0.25) is 0 Å². The fraction of sp³-hybridized carbons (Fsp3) is 0.389. The highest BCUT2D eigenvalue weighted by atomic mass is 32.1. The number of thiol groups is 1. The lowest BCUT2D eigenvalue weighted by Gasteiger charge is -2.29. The summed E-state index contributed by atoms with van der Waals surface area (Å²) in [6, 6.07) is 4.90. The van der Waals surface area contributed by atoms with Crippen molar-refractivity contribution in [3.05, 3.63) is 45.6 Å². The molecule has 0 amide bonds. The van der Waals surface area contributed by atoms with E-state index in [0.29, 0.717) is 28.1 Å². The Morgan fingerprint density at radius 1 is 1.46 bits per heavy atom. The minimum absolute atomic E-state index is 0.100. The Balaban J connectivity index is 2.10. The summed E-state index contributed by atoms with van der Waals surface area (Å²) >= 11 is 5.38. The van der Waals surface area contributed by atoms with Crippen LogP contribution in [0, 0.1) is 11.2 Å². The molecule has 0 atom stereocenters. The number of thiophene rings is 1. The Bertz CT molecular complexity index is 799. The van der Waals surface area contributed by atoms with E-state index in [4.69, 9.17) is 0 Å². The van der Waals surface area contributed by atoms with Gasteiger partial charge in [-0.15, -0.1) is 11.3 Å². The van der Waals surface area contributed by atoms with Gasteiger partial charge in [0, 0.05) is 21.9 Å². The first-order valence-corrected chi connectivity index (χ1v) is 9.12. The summed E-state index contributed by atoms with van der Waals surface area (Å²) in [6.45, 7) is 4.64. The largest absolute Gasteiger partial charge is 0.478 e. The van der Waals surface area contributed by atoms with Crippen molar-refractivity contribution in [3.8, 4) is 10.4 Å². The summed E-state index contributed by atoms with van der Waals surface area (Å²) in [6.07, 6.45) is 2.68. The molecule has 1 aromatic heterocycles. The number of benzene rings is 1. The maximum atomic E-state index is 14.2. The number of hydrogen-bond acceptors (Lipinski definition) is 4. The molecule has 2 N–H and O–H groups in total. The number of rotatable bonds is 4. The SMILES string of the molecule is CC1(C)CCc2sc(-c3ccc(CNS)c(F)c3)c(C(=O)O)c2C1. The molecule has 0 fully saturated rings. The molecule has 0 unspecified atom stereocenters. The second-order valence-corrected chi connectivity index (χ2v) is 8.42. The van der Waals surface area contributed by atoms with Crippen LogP contribution in [-0.4, -0.2) is 11.1 Å². The maximum absolute atomic E-state index is 14.2. The molecule has 0 saturated heterocycles. The Morgan fingerprint density at radius 3 is 2.83 bits per heavy atom. The molecule has 2 aromatic rings. The van der Waals surface area contributed by atoms with Crippen molar-refractivity contribution in [2.75, 3.05) is 0 Å². The third-order valence-corrected chi connectivity index (χ3v) is 6.07. The molecule has 0 aliphatic heterocycles. The molecule has 0 spiro atoms. The van der Waals surface area contributed by atoms with Gasteiger partial charge in [-0.05, 0) is 41.9 Å². The van der Waals surface area contributed by atoms with E-state index < -0.39 is 5.97 Å². The van der Waals surface area contributed by atoms with Gasteiger partial charge in [-0.1, -0.05) is 38.8 Å². The monoisotopic (exact) mass is 365 g/mol. The Labute approximate surface area is 150 Å². The van der Waals surface area contributed by atoms with Crippen LogP contribution in [0.5, 0.6) is 0 Å². The summed E-state index contributed by atoms with van der Waals surface area (Å²) < 4.78 is 16.9. The zero-order valence-electron chi connectivity index (χ0n) is 13.6. The molecule has 6 heteroatoms. The van der Waals surface area contributed by atoms with Crippen LogP contribution in [0.3, 0.4) is 0 Å². The standard InChI is InChI=1S/C18H20FNO2S2/c1-18(2)6-5-14-12(8-18)15(17(21)22)16(24-14)10-3-4-11(9-20-23)13(19)7-10/h3-4,7,20,23H,5-6,8-9H2,1-2H3,(H,21,22). The van der Waals surface area contributed by atoms with Gasteiger partial charge in [0.05, 0.1) is 5.56 Å². The van der Waals surface area contributed by atoms with E-state index in [-0.39, 0.29) is 11.2 Å². The second-order valence-electron chi connectivity index (χ2n) is 7.00. The highest BCUT2D eigenvalue weighted by Crippen LogP contribution is 2.45. The van der Waals surface area contributed by atoms with E-state index in [1.807, 2.05) is 0 Å². The lowest BCUT2D eigenvalue weighted by atomic mass is 9.76. The molecule has 0 bridgehead atoms. The fourth-order valence-electron chi connectivity index (χ4n) is 3.27. The number of aryl methyl sites for hydroxylation is 1. The number of fused-ring (bicyclic) bond motifs is 1. The zero-order chi connectivity index (χ0) is 17.5. The summed E-state index contributed by atoms with van der Waals surface area (Å²) in [5.74, 6) is -1.28. The van der Waals surface area contributed by atoms with Gasteiger partial charge in [0.2, 0.25) is 0 Å². The summed E-state index contributed by atoms with van der Waals surface area (Å²) in [5, 5.41) is 9.74. The van der Waals surface area contributed by atoms with Crippen molar-refractivity contribution < 1.29 is 14.3 Å². The van der Waals surface area contributed by atoms with Crippen molar-refractivity contribution in [3.63, 3.8) is 0 Å². The first kappa shape index (κ1) is 17.5. The van der Waals surface area contributed by atoms with Gasteiger partial charge in [0.1, 0.15) is 5.82 Å². The van der Waals surface area contributed by atoms with Crippen LogP contribution in [0.15, 0.2) is 18.2 Å². The number of halogens is 1. The molecule has 24 heavy (non-hydrogen) atoms. The van der Waals surface area contributed by atoms with Crippen molar-refractivity contribution in [1.29, 1.82) is 0 Å². The molecule has 128 valence electrons. The second kappa shape index (κ2) is 6.50. The van der Waals surface area contributed by atoms with E-state index in [1.165, 1.54) is 17.4 Å². The smallest absolute Gasteiger partial charge is 0.337 e. The highest BCUT2D eigenvalue weighted by Gasteiger charge is 2.33. The summed E-state index contributed by atoms with van der Waals surface area (Å²) in [4.78, 5) is 13.7. The van der Waals surface area contributed by atoms with E-state index in [0.717, 1.165) is 29.7 Å². The predicted molar refractivity (Wildman–Crippen MR) is 98.3 cm³/mol. The van der Waals surface area contributed by atoms with Gasteiger partial charge in [-0.25, -0.2) is 9.18 Å². The van der Waals surface area contributed by atoms with Crippen molar-refractivity contribution in [2.45, 2.75) is 39.7 Å². The normalized spacial score (nSPS) is 16.0. The minimum atomic E-state index is -0.929. The third kappa shape index (κ3) is 3.23. The van der Waals surface area contributed by atoms with E-state index in [2.05, 4.69) is 31.4 Å². The average molecular weight is 365 g/mol. The topological polar surface area (TPSA) is 49.3 Å². The molecular weight excluding hydrogens is 345 g/mol. The first-order chi connectivity index (χ1) is 11.3. The van der Waals surface area contributed by atoms with Crippen LogP contribution in [0.25, 0.3) is 10.4 Å². The van der Waals surface area contributed by atoms with Crippen LogP contribution in [-0.2, 0) is 19.4 Å². The number of carboxylic acid groups (broad SMARTS) is 1. The van der Waals surface area contributed by atoms with E-state index in [1.54, 1.807) is 12.1 Å². The first-order valence-electron chi connectivity index (χ1n) is 7.86. The number of carbonyl (C=O) groups is 1. The fourth-order valence-corrected chi connectivity index (χ4v) is 4.74. The van der Waals surface area contributed by atoms with E-state index in [9.17, 15) is 14.3 Å². The van der Waals surface area contributed by atoms with E-state index >= 15 is 0 Å². The Morgan fingerprint density at radius 2 is 2.21 bits per heavy atom. The number of aromatic carboxylic acids is 1. The zero-order valence-corrected chi connectivity index (χ0v) is 15.4. The van der Waals surface area contributed by atoms with Gasteiger partial charge in [-0.3, -0.25) is 4.72 Å². The molecule has 1 aliphatic rings. The van der Waals surface area contributed by atoms with Gasteiger partial charge < -0.3 is 5.11 Å². The summed E-state index contributed by atoms with van der Waals surface area (Å²) in [7, 11) is 0. The number of nitrogens with one attached hydrogen (secondary N) is 1. The molecule has 3 rings (SSSR count). The molecular formula is C18H20FNO2S2. The van der Waals surface area contributed by atoms with Crippen LogP contribution in [0.4, 0.5) is 4.39 Å². The number of hydrogen-bond donors (Lipinski definition) is 3. The van der Waals surface area contributed by atoms with Crippen molar-refractivity contribution >= 4 is 30.1 Å². The average Bonchev–Trinajstić information content (AvgIpc) is 2.86. The van der Waals surface area contributed by atoms with Crippen LogP contribution >= 0.6 is 24.2 Å². The van der Waals surface area contributed by atoms with Gasteiger partial charge in [-0.2, -0.15) is 0 Å². The molecule has 1 aromatic carbocycles. The van der Waals surface area contributed by atoms with Gasteiger partial charge >= 0.3 is 5.97 Å². The Kier molecular flexibility index (Phi) is 4.73. The summed E-state index contributed by atoms with van der Waals surface area (Å²) in [5.41, 5.74) is 2.52. The molecule has 1 heterocycles. The van der Waals surface area contributed by atoms with Gasteiger partial charge in [0.15, 0.2) is 0 Å². The molecule has 3 nitrogen and oxygen atoms in total. The van der Waals surface area contributed by atoms with Crippen LogP contribution < -0.4 is 4.72 Å². The quantitative estimate of drug-likeness (QED) is 0.688. The minimum Gasteiger partial charge on any atom is -0.478 e. The molecule has 1 aliphatic carbocycles. The molecule has 0 radical (unpaired) electrons. The van der Waals surface area contributed by atoms with Crippen molar-refractivity contribution in [2.24, 2.45) is 5.41 Å². The number of carboxylic acids is 1. The lowest BCUT2D eigenvalue weighted by molar-refractivity contribution is 0.0696. The van der Waals surface area contributed by atoms with Crippen LogP contribution in [0.1, 0.15) is 46.6 Å². The molecule has 0 saturated carbocycles.